The predicted molar refractivity (Wildman–Crippen MR) is 77.2 cm³/mol. The van der Waals surface area contributed by atoms with E-state index in [0.717, 1.165) is 5.56 Å². The first-order valence-corrected chi connectivity index (χ1v) is 6.78. The number of amides is 1. The molecular weight excluding hydrogens is 271 g/mol. The summed E-state index contributed by atoms with van der Waals surface area (Å²) >= 11 is 0. The number of halogens is 1. The van der Waals surface area contributed by atoms with E-state index in [-0.39, 0.29) is 11.7 Å². The van der Waals surface area contributed by atoms with E-state index in [1.54, 1.807) is 24.5 Å². The summed E-state index contributed by atoms with van der Waals surface area (Å²) in [7, 11) is 0. The molecule has 2 aromatic rings. The third kappa shape index (κ3) is 4.27. The van der Waals surface area contributed by atoms with Crippen LogP contribution in [0.1, 0.15) is 18.9 Å². The van der Waals surface area contributed by atoms with Crippen LogP contribution in [-0.2, 0) is 11.3 Å². The highest BCUT2D eigenvalue weighted by molar-refractivity contribution is 5.81. The van der Waals surface area contributed by atoms with Gasteiger partial charge in [0.2, 0.25) is 0 Å². The number of para-hydroxylation sites is 1. The summed E-state index contributed by atoms with van der Waals surface area (Å²) in [5.74, 6) is -0.654. The molecule has 2 rings (SSSR count). The highest BCUT2D eigenvalue weighted by Crippen LogP contribution is 2.18. The van der Waals surface area contributed by atoms with Crippen molar-refractivity contribution in [3.63, 3.8) is 0 Å². The Hall–Kier alpha value is -2.43. The average molecular weight is 288 g/mol. The van der Waals surface area contributed by atoms with E-state index in [4.69, 9.17) is 4.74 Å². The molecule has 21 heavy (non-hydrogen) atoms. The average Bonchev–Trinajstić information content (AvgIpc) is 2.53. The molecule has 1 unspecified atom stereocenters. The molecule has 0 fully saturated rings. The molecule has 0 spiro atoms. The fourth-order valence-electron chi connectivity index (χ4n) is 1.82. The fourth-order valence-corrected chi connectivity index (χ4v) is 1.82. The number of carbonyl (C=O) groups is 1. The maximum atomic E-state index is 13.5. The Balaban J connectivity index is 1.94. The van der Waals surface area contributed by atoms with Gasteiger partial charge in [-0.25, -0.2) is 4.39 Å². The smallest absolute Gasteiger partial charge is 0.261 e. The second-order valence-electron chi connectivity index (χ2n) is 4.52. The zero-order chi connectivity index (χ0) is 15.1. The summed E-state index contributed by atoms with van der Waals surface area (Å²) in [4.78, 5) is 16.0. The number of benzene rings is 1. The summed E-state index contributed by atoms with van der Waals surface area (Å²) < 4.78 is 19.0. The highest BCUT2D eigenvalue weighted by Gasteiger charge is 2.19. The summed E-state index contributed by atoms with van der Waals surface area (Å²) in [6, 6.07) is 9.69. The topological polar surface area (TPSA) is 51.2 Å². The van der Waals surface area contributed by atoms with Gasteiger partial charge in [0.25, 0.3) is 5.91 Å². The van der Waals surface area contributed by atoms with Gasteiger partial charge in [-0.05, 0) is 36.2 Å². The van der Waals surface area contributed by atoms with E-state index in [1.807, 2.05) is 19.1 Å². The van der Waals surface area contributed by atoms with Gasteiger partial charge >= 0.3 is 0 Å². The lowest BCUT2D eigenvalue weighted by Crippen LogP contribution is -2.37. The number of nitrogens with one attached hydrogen (secondary N) is 1. The Morgan fingerprint density at radius 2 is 2.00 bits per heavy atom. The molecule has 110 valence electrons. The molecule has 1 amide bonds. The van der Waals surface area contributed by atoms with Crippen LogP contribution in [0.25, 0.3) is 0 Å². The zero-order valence-electron chi connectivity index (χ0n) is 11.8. The van der Waals surface area contributed by atoms with Crippen molar-refractivity contribution in [1.82, 2.24) is 10.3 Å². The molecule has 0 radical (unpaired) electrons. The van der Waals surface area contributed by atoms with Gasteiger partial charge in [-0.1, -0.05) is 19.1 Å². The van der Waals surface area contributed by atoms with Crippen molar-refractivity contribution in [3.05, 3.63) is 60.2 Å². The lowest BCUT2D eigenvalue weighted by atomic mass is 10.2. The first-order chi connectivity index (χ1) is 10.2. The number of ether oxygens (including phenoxy) is 1. The van der Waals surface area contributed by atoms with Crippen LogP contribution in [0.3, 0.4) is 0 Å². The molecular formula is C16H17FN2O2. The molecule has 1 N–H and O–H groups in total. The zero-order valence-corrected chi connectivity index (χ0v) is 11.8. The third-order valence-corrected chi connectivity index (χ3v) is 2.99. The molecule has 5 heteroatoms. The van der Waals surface area contributed by atoms with Gasteiger partial charge in [-0.2, -0.15) is 0 Å². The van der Waals surface area contributed by atoms with Gasteiger partial charge in [-0.15, -0.1) is 0 Å². The van der Waals surface area contributed by atoms with Gasteiger partial charge < -0.3 is 10.1 Å². The van der Waals surface area contributed by atoms with E-state index in [1.165, 1.54) is 12.1 Å². The summed E-state index contributed by atoms with van der Waals surface area (Å²) in [5.41, 5.74) is 0.944. The monoisotopic (exact) mass is 288 g/mol. The van der Waals surface area contributed by atoms with Crippen molar-refractivity contribution in [2.45, 2.75) is 26.0 Å². The number of aromatic nitrogens is 1. The van der Waals surface area contributed by atoms with Crippen molar-refractivity contribution in [1.29, 1.82) is 0 Å². The number of carbonyl (C=O) groups excluding carboxylic acids is 1. The number of pyridine rings is 1. The van der Waals surface area contributed by atoms with E-state index in [2.05, 4.69) is 10.3 Å². The molecule has 0 aliphatic rings. The Bertz CT molecular complexity index is 590. The highest BCUT2D eigenvalue weighted by atomic mass is 19.1. The normalized spacial score (nSPS) is 11.7. The van der Waals surface area contributed by atoms with Crippen molar-refractivity contribution in [2.75, 3.05) is 0 Å². The Morgan fingerprint density at radius 3 is 2.67 bits per heavy atom. The standard InChI is InChI=1S/C16H17FN2O2/c1-2-14(21-15-6-4-3-5-13(15)17)16(20)19-11-12-7-9-18-10-8-12/h3-10,14H,2,11H2,1H3,(H,19,20). The SMILES string of the molecule is CCC(Oc1ccccc1F)C(=O)NCc1ccncc1. The first-order valence-electron chi connectivity index (χ1n) is 6.78. The van der Waals surface area contributed by atoms with Crippen LogP contribution in [-0.4, -0.2) is 17.0 Å². The summed E-state index contributed by atoms with van der Waals surface area (Å²) in [6.07, 6.45) is 3.06. The Labute approximate surface area is 123 Å². The van der Waals surface area contributed by atoms with Crippen LogP contribution in [0, 0.1) is 5.82 Å². The van der Waals surface area contributed by atoms with Crippen LogP contribution < -0.4 is 10.1 Å². The number of nitrogens with zero attached hydrogens (tertiary/aromatic N) is 1. The number of hydrogen-bond acceptors (Lipinski definition) is 3. The van der Waals surface area contributed by atoms with Gasteiger partial charge in [0.05, 0.1) is 0 Å². The van der Waals surface area contributed by atoms with Crippen LogP contribution in [0.2, 0.25) is 0 Å². The van der Waals surface area contributed by atoms with Crippen LogP contribution in [0.4, 0.5) is 4.39 Å². The first kappa shape index (κ1) is 15.0. The van der Waals surface area contributed by atoms with Crippen molar-refractivity contribution < 1.29 is 13.9 Å². The third-order valence-electron chi connectivity index (χ3n) is 2.99. The second kappa shape index (κ2) is 7.38. The molecule has 0 saturated carbocycles. The Kier molecular flexibility index (Phi) is 5.26. The van der Waals surface area contributed by atoms with Gasteiger partial charge in [0.1, 0.15) is 0 Å². The molecule has 0 aliphatic carbocycles. The van der Waals surface area contributed by atoms with Gasteiger partial charge in [-0.3, -0.25) is 9.78 Å². The minimum absolute atomic E-state index is 0.0865. The molecule has 0 aliphatic heterocycles. The van der Waals surface area contributed by atoms with Crippen LogP contribution >= 0.6 is 0 Å². The van der Waals surface area contributed by atoms with Gasteiger partial charge in [0, 0.05) is 18.9 Å². The predicted octanol–water partition coefficient (Wildman–Crippen LogP) is 2.69. The molecule has 0 bridgehead atoms. The minimum atomic E-state index is -0.719. The lowest BCUT2D eigenvalue weighted by Gasteiger charge is -2.17. The maximum Gasteiger partial charge on any atom is 0.261 e. The largest absolute Gasteiger partial charge is 0.478 e. The lowest BCUT2D eigenvalue weighted by molar-refractivity contribution is -0.128. The molecule has 1 atom stereocenters. The number of hydrogen-bond donors (Lipinski definition) is 1. The summed E-state index contributed by atoms with van der Waals surface area (Å²) in [5, 5.41) is 2.78. The molecule has 1 aromatic carbocycles. The van der Waals surface area contributed by atoms with Crippen LogP contribution in [0.15, 0.2) is 48.8 Å². The van der Waals surface area contributed by atoms with Crippen molar-refractivity contribution >= 4 is 5.91 Å². The Morgan fingerprint density at radius 1 is 1.29 bits per heavy atom. The van der Waals surface area contributed by atoms with E-state index in [0.29, 0.717) is 13.0 Å². The fraction of sp³-hybridized carbons (Fsp3) is 0.250. The molecule has 1 heterocycles. The van der Waals surface area contributed by atoms with Crippen molar-refractivity contribution in [3.8, 4) is 5.75 Å². The minimum Gasteiger partial charge on any atom is -0.478 e. The van der Waals surface area contributed by atoms with E-state index < -0.39 is 11.9 Å². The van der Waals surface area contributed by atoms with Crippen molar-refractivity contribution in [2.24, 2.45) is 0 Å². The van der Waals surface area contributed by atoms with E-state index in [9.17, 15) is 9.18 Å². The quantitative estimate of drug-likeness (QED) is 0.889. The molecule has 4 nitrogen and oxygen atoms in total. The van der Waals surface area contributed by atoms with E-state index >= 15 is 0 Å². The summed E-state index contributed by atoms with van der Waals surface area (Å²) in [6.45, 7) is 2.20. The van der Waals surface area contributed by atoms with Gasteiger partial charge in [0.15, 0.2) is 17.7 Å². The molecule has 0 saturated heterocycles. The van der Waals surface area contributed by atoms with Crippen LogP contribution in [0.5, 0.6) is 5.75 Å². The maximum absolute atomic E-state index is 13.5. The second-order valence-corrected chi connectivity index (χ2v) is 4.52. The number of rotatable bonds is 6. The molecule has 1 aromatic heterocycles.